The van der Waals surface area contributed by atoms with E-state index in [-0.39, 0.29) is 23.9 Å². The summed E-state index contributed by atoms with van der Waals surface area (Å²) >= 11 is 5.49. The number of esters is 1. The molecule has 4 nitrogen and oxygen atoms in total. The van der Waals surface area contributed by atoms with Crippen LogP contribution in [0.3, 0.4) is 0 Å². The molecule has 1 rings (SSSR count). The highest BCUT2D eigenvalue weighted by Crippen LogP contribution is 2.20. The Morgan fingerprint density at radius 3 is 2.24 bits per heavy atom. The Hall–Kier alpha value is -0.770. The second-order valence-corrected chi connectivity index (χ2v) is 5.64. The molecule has 1 aliphatic rings. The lowest BCUT2D eigenvalue weighted by atomic mass is 9.97. The Bertz CT molecular complexity index is 291. The van der Waals surface area contributed by atoms with Gasteiger partial charge in [-0.05, 0) is 20.8 Å². The van der Waals surface area contributed by atoms with E-state index in [1.165, 1.54) is 0 Å². The van der Waals surface area contributed by atoms with E-state index in [0.29, 0.717) is 25.9 Å². The number of ether oxygens (including phenoxy) is 1. The molecule has 0 unspecified atom stereocenters. The first-order valence-electron chi connectivity index (χ1n) is 5.89. The minimum atomic E-state index is -0.469. The summed E-state index contributed by atoms with van der Waals surface area (Å²) in [5, 5.41) is 0. The van der Waals surface area contributed by atoms with Crippen LogP contribution in [0.1, 0.15) is 33.6 Å². The molecule has 0 aromatic heterocycles. The van der Waals surface area contributed by atoms with Gasteiger partial charge in [-0.2, -0.15) is 0 Å². The maximum absolute atomic E-state index is 11.7. The summed E-state index contributed by atoms with van der Waals surface area (Å²) in [6.45, 7) is 6.74. The van der Waals surface area contributed by atoms with Crippen molar-refractivity contribution in [2.24, 2.45) is 5.41 Å². The minimum absolute atomic E-state index is 0.0203. The molecule has 0 aromatic carbocycles. The molecule has 0 atom stereocenters. The van der Waals surface area contributed by atoms with E-state index < -0.39 is 5.41 Å². The summed E-state index contributed by atoms with van der Waals surface area (Å²) < 4.78 is 5.41. The van der Waals surface area contributed by atoms with Gasteiger partial charge < -0.3 is 9.64 Å². The summed E-state index contributed by atoms with van der Waals surface area (Å²) in [6.07, 6.45) is 1.33. The van der Waals surface area contributed by atoms with Crippen molar-refractivity contribution >= 4 is 23.5 Å². The van der Waals surface area contributed by atoms with Gasteiger partial charge in [0.1, 0.15) is 12.0 Å². The largest absolute Gasteiger partial charge is 0.462 e. The normalized spacial score (nSPS) is 18.0. The fraction of sp³-hybridized carbons (Fsp3) is 0.833. The van der Waals surface area contributed by atoms with Crippen LogP contribution in [0.4, 0.5) is 0 Å². The molecule has 1 heterocycles. The highest BCUT2D eigenvalue weighted by atomic mass is 35.5. The van der Waals surface area contributed by atoms with Gasteiger partial charge >= 0.3 is 5.97 Å². The predicted molar refractivity (Wildman–Crippen MR) is 65.9 cm³/mol. The number of carbonyl (C=O) groups excluding carboxylic acids is 2. The molecular formula is C12H20ClNO3. The van der Waals surface area contributed by atoms with Crippen molar-refractivity contribution in [1.82, 2.24) is 4.90 Å². The Morgan fingerprint density at radius 2 is 1.82 bits per heavy atom. The monoisotopic (exact) mass is 261 g/mol. The van der Waals surface area contributed by atoms with Gasteiger partial charge in [0.2, 0.25) is 5.91 Å². The number of piperidine rings is 1. The third-order valence-corrected chi connectivity index (χ3v) is 3.02. The Morgan fingerprint density at radius 1 is 1.29 bits per heavy atom. The molecule has 0 spiro atoms. The lowest BCUT2D eigenvalue weighted by Crippen LogP contribution is -2.42. The Balaban J connectivity index is 2.38. The van der Waals surface area contributed by atoms with Crippen molar-refractivity contribution in [2.75, 3.05) is 19.0 Å². The van der Waals surface area contributed by atoms with Gasteiger partial charge in [-0.25, -0.2) is 0 Å². The van der Waals surface area contributed by atoms with E-state index >= 15 is 0 Å². The number of carbonyl (C=O) groups is 2. The number of nitrogens with zero attached hydrogens (tertiary/aromatic N) is 1. The summed E-state index contributed by atoms with van der Waals surface area (Å²) in [4.78, 5) is 24.7. The zero-order valence-corrected chi connectivity index (χ0v) is 11.4. The predicted octanol–water partition coefficient (Wildman–Crippen LogP) is 1.81. The zero-order valence-electron chi connectivity index (χ0n) is 10.7. The molecule has 0 radical (unpaired) electrons. The van der Waals surface area contributed by atoms with Gasteiger partial charge in [-0.1, -0.05) is 0 Å². The lowest BCUT2D eigenvalue weighted by Gasteiger charge is -2.32. The molecule has 1 aliphatic heterocycles. The molecule has 5 heteroatoms. The fourth-order valence-electron chi connectivity index (χ4n) is 1.64. The molecule has 1 saturated heterocycles. The lowest BCUT2D eigenvalue weighted by molar-refractivity contribution is -0.161. The van der Waals surface area contributed by atoms with Gasteiger partial charge in [0.25, 0.3) is 0 Å². The fourth-order valence-corrected chi connectivity index (χ4v) is 1.80. The molecular weight excluding hydrogens is 242 g/mol. The molecule has 17 heavy (non-hydrogen) atoms. The maximum atomic E-state index is 11.7. The number of rotatable bonds is 2. The number of hydrogen-bond acceptors (Lipinski definition) is 3. The summed E-state index contributed by atoms with van der Waals surface area (Å²) in [6, 6.07) is 0. The quantitative estimate of drug-likeness (QED) is 0.563. The van der Waals surface area contributed by atoms with Gasteiger partial charge in [0, 0.05) is 25.9 Å². The topological polar surface area (TPSA) is 46.6 Å². The van der Waals surface area contributed by atoms with Crippen LogP contribution in [0.2, 0.25) is 0 Å². The first-order valence-corrected chi connectivity index (χ1v) is 6.43. The van der Waals surface area contributed by atoms with Crippen molar-refractivity contribution in [2.45, 2.75) is 39.7 Å². The second-order valence-electron chi connectivity index (χ2n) is 5.37. The first kappa shape index (κ1) is 14.3. The van der Waals surface area contributed by atoms with Crippen molar-refractivity contribution in [3.63, 3.8) is 0 Å². The Labute approximate surface area is 107 Å². The maximum Gasteiger partial charge on any atom is 0.311 e. The average molecular weight is 262 g/mol. The standard InChI is InChI=1S/C12H20ClNO3/c1-12(2,3)11(16)17-9-4-6-14(7-5-9)10(15)8-13/h9H,4-8H2,1-3H3. The third kappa shape index (κ3) is 4.19. The highest BCUT2D eigenvalue weighted by Gasteiger charge is 2.29. The second kappa shape index (κ2) is 5.71. The smallest absolute Gasteiger partial charge is 0.311 e. The molecule has 0 saturated carbocycles. The van der Waals surface area contributed by atoms with Crippen molar-refractivity contribution < 1.29 is 14.3 Å². The van der Waals surface area contributed by atoms with Gasteiger partial charge in [-0.3, -0.25) is 9.59 Å². The van der Waals surface area contributed by atoms with Crippen LogP contribution in [-0.2, 0) is 14.3 Å². The molecule has 0 aliphatic carbocycles. The summed E-state index contributed by atoms with van der Waals surface area (Å²) in [5.41, 5.74) is -0.469. The van der Waals surface area contributed by atoms with Crippen LogP contribution >= 0.6 is 11.6 Å². The summed E-state index contributed by atoms with van der Waals surface area (Å²) in [7, 11) is 0. The molecule has 1 amide bonds. The Kier molecular flexibility index (Phi) is 4.80. The zero-order chi connectivity index (χ0) is 13.1. The number of amides is 1. The highest BCUT2D eigenvalue weighted by molar-refractivity contribution is 6.27. The van der Waals surface area contributed by atoms with E-state index in [4.69, 9.17) is 16.3 Å². The number of halogens is 1. The molecule has 1 fully saturated rings. The van der Waals surface area contributed by atoms with Gasteiger partial charge in [-0.15, -0.1) is 11.6 Å². The third-order valence-electron chi connectivity index (χ3n) is 2.80. The van der Waals surface area contributed by atoms with Crippen LogP contribution in [0.5, 0.6) is 0 Å². The van der Waals surface area contributed by atoms with Crippen molar-refractivity contribution in [3.8, 4) is 0 Å². The van der Waals surface area contributed by atoms with E-state index in [0.717, 1.165) is 0 Å². The summed E-state index contributed by atoms with van der Waals surface area (Å²) in [5.74, 6) is -0.209. The van der Waals surface area contributed by atoms with Crippen LogP contribution in [0.25, 0.3) is 0 Å². The average Bonchev–Trinajstić information content (AvgIpc) is 2.27. The molecule has 0 aromatic rings. The van der Waals surface area contributed by atoms with Crippen LogP contribution in [0, 0.1) is 5.41 Å². The van der Waals surface area contributed by atoms with Gasteiger partial charge in [0.15, 0.2) is 0 Å². The molecule has 0 bridgehead atoms. The molecule has 98 valence electrons. The number of hydrogen-bond donors (Lipinski definition) is 0. The van der Waals surface area contributed by atoms with Crippen molar-refractivity contribution in [1.29, 1.82) is 0 Å². The van der Waals surface area contributed by atoms with Crippen molar-refractivity contribution in [3.05, 3.63) is 0 Å². The molecule has 0 N–H and O–H groups in total. The minimum Gasteiger partial charge on any atom is -0.462 e. The van der Waals surface area contributed by atoms with E-state index in [9.17, 15) is 9.59 Å². The SMILES string of the molecule is CC(C)(C)C(=O)OC1CCN(C(=O)CCl)CC1. The van der Waals surface area contributed by atoms with Crippen LogP contribution in [0.15, 0.2) is 0 Å². The number of likely N-dealkylation sites (tertiary alicyclic amines) is 1. The number of alkyl halides is 1. The van der Waals surface area contributed by atoms with E-state index in [1.54, 1.807) is 4.90 Å². The first-order chi connectivity index (χ1) is 7.84. The van der Waals surface area contributed by atoms with E-state index in [2.05, 4.69) is 0 Å². The van der Waals surface area contributed by atoms with Crippen LogP contribution in [-0.4, -0.2) is 41.8 Å². The van der Waals surface area contributed by atoms with Gasteiger partial charge in [0.05, 0.1) is 5.41 Å². The van der Waals surface area contributed by atoms with Crippen LogP contribution < -0.4 is 0 Å². The van der Waals surface area contributed by atoms with E-state index in [1.807, 2.05) is 20.8 Å².